The van der Waals surface area contributed by atoms with E-state index in [4.69, 9.17) is 0 Å². The fraction of sp³-hybridized carbons (Fsp3) is 0.267. The number of benzene rings is 1. The molecular formula is C15H16FN3. The van der Waals surface area contributed by atoms with Gasteiger partial charge in [0, 0.05) is 18.1 Å². The van der Waals surface area contributed by atoms with E-state index in [0.29, 0.717) is 11.9 Å². The lowest BCUT2D eigenvalue weighted by molar-refractivity contribution is 0.601. The summed E-state index contributed by atoms with van der Waals surface area (Å²) in [5.41, 5.74) is 3.07. The first-order chi connectivity index (χ1) is 9.19. The molecule has 0 saturated carbocycles. The molecule has 3 aromatic rings. The van der Waals surface area contributed by atoms with Crippen molar-refractivity contribution in [3.8, 4) is 0 Å². The highest BCUT2D eigenvalue weighted by atomic mass is 19.1. The number of aromatic nitrogens is 3. The topological polar surface area (TPSA) is 22.8 Å². The Bertz CT molecular complexity index is 724. The van der Waals surface area contributed by atoms with E-state index in [9.17, 15) is 4.39 Å². The highest BCUT2D eigenvalue weighted by Gasteiger charge is 2.08. The molecular weight excluding hydrogens is 241 g/mol. The van der Waals surface area contributed by atoms with E-state index < -0.39 is 0 Å². The lowest BCUT2D eigenvalue weighted by Crippen LogP contribution is -2.07. The van der Waals surface area contributed by atoms with Gasteiger partial charge in [-0.25, -0.2) is 4.39 Å². The van der Waals surface area contributed by atoms with Gasteiger partial charge < -0.3 is 4.57 Å². The predicted molar refractivity (Wildman–Crippen MR) is 73.6 cm³/mol. The molecule has 0 unspecified atom stereocenters. The third-order valence-electron chi connectivity index (χ3n) is 3.38. The van der Waals surface area contributed by atoms with Gasteiger partial charge in [0.05, 0.1) is 23.4 Å². The zero-order valence-corrected chi connectivity index (χ0v) is 11.1. The lowest BCUT2D eigenvalue weighted by Gasteiger charge is -2.07. The predicted octanol–water partition coefficient (Wildman–Crippen LogP) is 3.35. The Kier molecular flexibility index (Phi) is 2.85. The van der Waals surface area contributed by atoms with E-state index in [2.05, 4.69) is 22.7 Å². The lowest BCUT2D eigenvalue weighted by atomic mass is 10.2. The summed E-state index contributed by atoms with van der Waals surface area (Å²) >= 11 is 0. The summed E-state index contributed by atoms with van der Waals surface area (Å²) in [4.78, 5) is 0. The van der Waals surface area contributed by atoms with Gasteiger partial charge in [0.25, 0.3) is 0 Å². The van der Waals surface area contributed by atoms with Gasteiger partial charge >= 0.3 is 0 Å². The van der Waals surface area contributed by atoms with Crippen LogP contribution >= 0.6 is 0 Å². The first kappa shape index (κ1) is 12.0. The van der Waals surface area contributed by atoms with Gasteiger partial charge in [0.2, 0.25) is 0 Å². The minimum atomic E-state index is -0.170. The van der Waals surface area contributed by atoms with Crippen molar-refractivity contribution < 1.29 is 4.39 Å². The maximum absolute atomic E-state index is 13.7. The summed E-state index contributed by atoms with van der Waals surface area (Å²) in [6.07, 6.45) is 1.93. The standard InChI is InChI=1S/C15H16FN3/c1-3-19-12(9-11(2)17-19)10-18-8-7-13-14(16)5-4-6-15(13)18/h4-9H,3,10H2,1-2H3. The van der Waals surface area contributed by atoms with Crippen molar-refractivity contribution in [1.29, 1.82) is 0 Å². The molecule has 19 heavy (non-hydrogen) atoms. The summed E-state index contributed by atoms with van der Waals surface area (Å²) in [5, 5.41) is 5.10. The zero-order chi connectivity index (χ0) is 13.4. The third kappa shape index (κ3) is 2.03. The fourth-order valence-electron chi connectivity index (χ4n) is 2.50. The van der Waals surface area contributed by atoms with E-state index in [-0.39, 0.29) is 5.82 Å². The highest BCUT2D eigenvalue weighted by Crippen LogP contribution is 2.20. The second-order valence-corrected chi connectivity index (χ2v) is 4.71. The van der Waals surface area contributed by atoms with Crippen molar-refractivity contribution in [3.63, 3.8) is 0 Å². The molecule has 0 radical (unpaired) electrons. The molecule has 2 heterocycles. The van der Waals surface area contributed by atoms with Crippen LogP contribution < -0.4 is 0 Å². The number of fused-ring (bicyclic) bond motifs is 1. The van der Waals surface area contributed by atoms with Crippen LogP contribution in [0, 0.1) is 12.7 Å². The minimum Gasteiger partial charge on any atom is -0.341 e. The molecule has 0 aliphatic heterocycles. The molecule has 0 fully saturated rings. The fourth-order valence-corrected chi connectivity index (χ4v) is 2.50. The molecule has 0 aliphatic rings. The Morgan fingerprint density at radius 3 is 2.89 bits per heavy atom. The van der Waals surface area contributed by atoms with Crippen molar-refractivity contribution in [2.75, 3.05) is 0 Å². The molecule has 0 bridgehead atoms. The number of hydrogen-bond acceptors (Lipinski definition) is 1. The van der Waals surface area contributed by atoms with Crippen LogP contribution in [0.5, 0.6) is 0 Å². The second-order valence-electron chi connectivity index (χ2n) is 4.71. The average molecular weight is 257 g/mol. The number of hydrogen-bond donors (Lipinski definition) is 0. The van der Waals surface area contributed by atoms with Crippen LogP contribution in [0.4, 0.5) is 4.39 Å². The molecule has 0 amide bonds. The number of rotatable bonds is 3. The van der Waals surface area contributed by atoms with Crippen LogP contribution in [0.2, 0.25) is 0 Å². The Balaban J connectivity index is 2.03. The molecule has 0 spiro atoms. The van der Waals surface area contributed by atoms with Crippen molar-refractivity contribution in [2.24, 2.45) is 0 Å². The Hall–Kier alpha value is -2.10. The molecule has 4 heteroatoms. The Labute approximate surface area is 111 Å². The summed E-state index contributed by atoms with van der Waals surface area (Å²) in [7, 11) is 0. The maximum atomic E-state index is 13.7. The molecule has 98 valence electrons. The average Bonchev–Trinajstić information content (AvgIpc) is 2.95. The van der Waals surface area contributed by atoms with Crippen LogP contribution in [-0.4, -0.2) is 14.3 Å². The molecule has 2 aromatic heterocycles. The van der Waals surface area contributed by atoms with E-state index in [1.807, 2.05) is 29.9 Å². The summed E-state index contributed by atoms with van der Waals surface area (Å²) < 4.78 is 17.7. The van der Waals surface area contributed by atoms with Gasteiger partial charge in [0.15, 0.2) is 0 Å². The third-order valence-corrected chi connectivity index (χ3v) is 3.38. The van der Waals surface area contributed by atoms with Gasteiger partial charge in [-0.1, -0.05) is 6.07 Å². The second kappa shape index (κ2) is 4.53. The van der Waals surface area contributed by atoms with E-state index >= 15 is 0 Å². The zero-order valence-electron chi connectivity index (χ0n) is 11.1. The summed E-state index contributed by atoms with van der Waals surface area (Å²) in [6, 6.07) is 9.08. The quantitative estimate of drug-likeness (QED) is 0.705. The van der Waals surface area contributed by atoms with E-state index in [0.717, 1.165) is 23.4 Å². The molecule has 0 saturated heterocycles. The Morgan fingerprint density at radius 2 is 2.11 bits per heavy atom. The number of nitrogens with zero attached hydrogens (tertiary/aromatic N) is 3. The number of aryl methyl sites for hydroxylation is 2. The molecule has 0 atom stereocenters. The molecule has 3 nitrogen and oxygen atoms in total. The normalized spacial score (nSPS) is 11.3. The highest BCUT2D eigenvalue weighted by molar-refractivity contribution is 5.80. The van der Waals surface area contributed by atoms with Gasteiger partial charge in [-0.3, -0.25) is 4.68 Å². The van der Waals surface area contributed by atoms with Gasteiger partial charge in [-0.2, -0.15) is 5.10 Å². The molecule has 0 aliphatic carbocycles. The van der Waals surface area contributed by atoms with Crippen molar-refractivity contribution in [1.82, 2.24) is 14.3 Å². The Morgan fingerprint density at radius 1 is 1.26 bits per heavy atom. The van der Waals surface area contributed by atoms with Crippen LogP contribution in [0.1, 0.15) is 18.3 Å². The summed E-state index contributed by atoms with van der Waals surface area (Å²) in [6.45, 7) is 5.62. The van der Waals surface area contributed by atoms with Crippen molar-refractivity contribution in [2.45, 2.75) is 26.9 Å². The van der Waals surface area contributed by atoms with Crippen molar-refractivity contribution >= 4 is 10.9 Å². The largest absolute Gasteiger partial charge is 0.341 e. The molecule has 3 rings (SSSR count). The number of halogens is 1. The van der Waals surface area contributed by atoms with Crippen LogP contribution in [0.15, 0.2) is 36.5 Å². The maximum Gasteiger partial charge on any atom is 0.132 e. The first-order valence-electron chi connectivity index (χ1n) is 6.45. The smallest absolute Gasteiger partial charge is 0.132 e. The SMILES string of the molecule is CCn1nc(C)cc1Cn1ccc2c(F)cccc21. The van der Waals surface area contributed by atoms with Crippen LogP contribution in [-0.2, 0) is 13.1 Å². The van der Waals surface area contributed by atoms with Gasteiger partial charge in [-0.15, -0.1) is 0 Å². The van der Waals surface area contributed by atoms with E-state index in [1.54, 1.807) is 6.07 Å². The first-order valence-corrected chi connectivity index (χ1v) is 6.45. The summed E-state index contributed by atoms with van der Waals surface area (Å²) in [5.74, 6) is -0.170. The van der Waals surface area contributed by atoms with E-state index in [1.165, 1.54) is 6.07 Å². The van der Waals surface area contributed by atoms with Crippen molar-refractivity contribution in [3.05, 3.63) is 53.7 Å². The van der Waals surface area contributed by atoms with Crippen LogP contribution in [0.3, 0.4) is 0 Å². The minimum absolute atomic E-state index is 0.170. The monoisotopic (exact) mass is 257 g/mol. The van der Waals surface area contributed by atoms with Gasteiger partial charge in [-0.05, 0) is 38.1 Å². The van der Waals surface area contributed by atoms with Gasteiger partial charge in [0.1, 0.15) is 5.82 Å². The molecule has 0 N–H and O–H groups in total. The molecule has 1 aromatic carbocycles. The van der Waals surface area contributed by atoms with Crippen LogP contribution in [0.25, 0.3) is 10.9 Å².